The SMILES string of the molecule is O=C1NCc2nc(Nc3cc(N[C@H](CO)c4ccccc4)c(-c4ncno4)cn3)ncc21. The highest BCUT2D eigenvalue weighted by atomic mass is 16.5. The van der Waals surface area contributed by atoms with Crippen LogP contribution in [0.2, 0.25) is 0 Å². The summed E-state index contributed by atoms with van der Waals surface area (Å²) in [5.74, 6) is 0.870. The van der Waals surface area contributed by atoms with Crippen LogP contribution in [-0.2, 0) is 6.54 Å². The molecule has 11 heteroatoms. The first kappa shape index (κ1) is 19.6. The van der Waals surface area contributed by atoms with Gasteiger partial charge in [0.2, 0.25) is 5.95 Å². The fourth-order valence-electron chi connectivity index (χ4n) is 3.39. The van der Waals surface area contributed by atoms with Crippen LogP contribution in [0.4, 0.5) is 17.5 Å². The van der Waals surface area contributed by atoms with Gasteiger partial charge in [0.25, 0.3) is 11.8 Å². The Morgan fingerprint density at radius 2 is 1.97 bits per heavy atom. The second-order valence-electron chi connectivity index (χ2n) is 7.01. The number of pyridine rings is 1. The zero-order chi connectivity index (χ0) is 21.9. The van der Waals surface area contributed by atoms with Crippen molar-refractivity contribution >= 4 is 23.4 Å². The number of hydrogen-bond acceptors (Lipinski definition) is 10. The summed E-state index contributed by atoms with van der Waals surface area (Å²) in [4.78, 5) is 28.8. The number of aliphatic hydroxyl groups excluding tert-OH is 1. The van der Waals surface area contributed by atoms with Crippen molar-refractivity contribution in [3.8, 4) is 11.5 Å². The van der Waals surface area contributed by atoms with Gasteiger partial charge in [0, 0.05) is 18.5 Å². The van der Waals surface area contributed by atoms with E-state index in [1.807, 2.05) is 30.3 Å². The molecule has 1 aliphatic rings. The average Bonchev–Trinajstić information content (AvgIpc) is 3.48. The molecule has 0 aliphatic carbocycles. The highest BCUT2D eigenvalue weighted by molar-refractivity contribution is 5.97. The monoisotopic (exact) mass is 430 g/mol. The van der Waals surface area contributed by atoms with Gasteiger partial charge in [-0.2, -0.15) is 4.98 Å². The lowest BCUT2D eigenvalue weighted by Crippen LogP contribution is -2.15. The van der Waals surface area contributed by atoms with E-state index in [0.29, 0.717) is 40.8 Å². The van der Waals surface area contributed by atoms with E-state index in [1.165, 1.54) is 12.5 Å². The van der Waals surface area contributed by atoms with E-state index in [1.54, 1.807) is 12.3 Å². The number of nitrogens with zero attached hydrogens (tertiary/aromatic N) is 5. The Balaban J connectivity index is 1.47. The minimum Gasteiger partial charge on any atom is -0.394 e. The number of anilines is 3. The van der Waals surface area contributed by atoms with Crippen molar-refractivity contribution in [2.24, 2.45) is 0 Å². The molecule has 4 aromatic rings. The molecule has 5 rings (SSSR count). The second-order valence-corrected chi connectivity index (χ2v) is 7.01. The summed E-state index contributed by atoms with van der Waals surface area (Å²) in [6, 6.07) is 10.9. The summed E-state index contributed by atoms with van der Waals surface area (Å²) in [7, 11) is 0. The van der Waals surface area contributed by atoms with Crippen LogP contribution in [0, 0.1) is 0 Å². The number of fused-ring (bicyclic) bond motifs is 1. The number of carbonyl (C=O) groups is 1. The number of amides is 1. The minimum absolute atomic E-state index is 0.132. The summed E-state index contributed by atoms with van der Waals surface area (Å²) in [6.07, 6.45) is 4.37. The van der Waals surface area contributed by atoms with Gasteiger partial charge in [0.1, 0.15) is 5.82 Å². The third kappa shape index (κ3) is 3.84. The highest BCUT2D eigenvalue weighted by Crippen LogP contribution is 2.31. The molecular formula is C21H18N8O3. The predicted octanol–water partition coefficient (Wildman–Crippen LogP) is 2.05. The maximum Gasteiger partial charge on any atom is 0.261 e. The van der Waals surface area contributed by atoms with Gasteiger partial charge in [-0.25, -0.2) is 15.0 Å². The van der Waals surface area contributed by atoms with Crippen molar-refractivity contribution in [3.05, 3.63) is 71.9 Å². The van der Waals surface area contributed by atoms with Gasteiger partial charge in [-0.15, -0.1) is 0 Å². The van der Waals surface area contributed by atoms with E-state index < -0.39 is 0 Å². The van der Waals surface area contributed by atoms with E-state index in [0.717, 1.165) is 5.56 Å². The number of benzene rings is 1. The quantitative estimate of drug-likeness (QED) is 0.343. The Morgan fingerprint density at radius 3 is 2.75 bits per heavy atom. The molecule has 0 fully saturated rings. The smallest absolute Gasteiger partial charge is 0.261 e. The Morgan fingerprint density at radius 1 is 1.12 bits per heavy atom. The summed E-state index contributed by atoms with van der Waals surface area (Å²) in [6.45, 7) is 0.226. The fourth-order valence-corrected chi connectivity index (χ4v) is 3.39. The molecule has 0 saturated carbocycles. The van der Waals surface area contributed by atoms with Crippen molar-refractivity contribution in [1.29, 1.82) is 0 Å². The van der Waals surface area contributed by atoms with Gasteiger partial charge in [-0.3, -0.25) is 4.79 Å². The van der Waals surface area contributed by atoms with Crippen LogP contribution < -0.4 is 16.0 Å². The number of aromatic nitrogens is 5. The number of carbonyl (C=O) groups excluding carboxylic acids is 1. The number of rotatable bonds is 7. The van der Waals surface area contributed by atoms with Crippen LogP contribution in [0.1, 0.15) is 27.7 Å². The summed E-state index contributed by atoms with van der Waals surface area (Å²) in [5.41, 5.74) is 3.20. The van der Waals surface area contributed by atoms with E-state index >= 15 is 0 Å². The van der Waals surface area contributed by atoms with Crippen LogP contribution >= 0.6 is 0 Å². The fraction of sp³-hybridized carbons (Fsp3) is 0.143. The Labute approximate surface area is 182 Å². The van der Waals surface area contributed by atoms with Gasteiger partial charge in [-0.05, 0) is 5.56 Å². The Hall–Kier alpha value is -4.38. The van der Waals surface area contributed by atoms with E-state index in [4.69, 9.17) is 4.52 Å². The normalized spacial score (nSPS) is 13.3. The Kier molecular flexibility index (Phi) is 5.14. The number of nitrogens with one attached hydrogen (secondary N) is 3. The summed E-state index contributed by atoms with van der Waals surface area (Å²) in [5, 5.41) is 22.7. The molecule has 0 radical (unpaired) electrons. The molecule has 32 heavy (non-hydrogen) atoms. The third-order valence-corrected chi connectivity index (χ3v) is 4.98. The van der Waals surface area contributed by atoms with Crippen molar-refractivity contribution < 1.29 is 14.4 Å². The maximum atomic E-state index is 11.7. The van der Waals surface area contributed by atoms with Crippen LogP contribution in [0.25, 0.3) is 11.5 Å². The zero-order valence-electron chi connectivity index (χ0n) is 16.7. The molecule has 160 valence electrons. The average molecular weight is 430 g/mol. The molecule has 0 unspecified atom stereocenters. The van der Waals surface area contributed by atoms with Crippen LogP contribution in [-0.4, -0.2) is 42.7 Å². The van der Waals surface area contributed by atoms with Crippen LogP contribution in [0.15, 0.2) is 59.6 Å². The minimum atomic E-state index is -0.374. The van der Waals surface area contributed by atoms with Crippen LogP contribution in [0.5, 0.6) is 0 Å². The van der Waals surface area contributed by atoms with Gasteiger partial charge in [-0.1, -0.05) is 35.5 Å². The summed E-state index contributed by atoms with van der Waals surface area (Å²) >= 11 is 0. The standard InChI is InChI=1S/C21H18N8O3/c30-10-17(12-4-2-1-3-5-12)27-15-6-18(22-8-14(15)20-25-11-26-32-20)29-21-24-7-13-16(28-21)9-23-19(13)31/h1-8,11,17,30H,9-10H2,(H,23,31)(H2,22,24,27,28,29)/t17-/m1/s1. The molecule has 0 spiro atoms. The van der Waals surface area contributed by atoms with Gasteiger partial charge < -0.3 is 25.6 Å². The molecule has 0 saturated heterocycles. The number of hydrogen-bond donors (Lipinski definition) is 4. The van der Waals surface area contributed by atoms with Gasteiger partial charge in [0.05, 0.1) is 41.7 Å². The van der Waals surface area contributed by atoms with Crippen molar-refractivity contribution in [2.45, 2.75) is 12.6 Å². The first-order chi connectivity index (χ1) is 15.7. The molecular weight excluding hydrogens is 412 g/mol. The molecule has 3 aromatic heterocycles. The first-order valence-corrected chi connectivity index (χ1v) is 9.82. The lowest BCUT2D eigenvalue weighted by atomic mass is 10.1. The molecule has 11 nitrogen and oxygen atoms in total. The lowest BCUT2D eigenvalue weighted by Gasteiger charge is -2.20. The predicted molar refractivity (Wildman–Crippen MR) is 114 cm³/mol. The van der Waals surface area contributed by atoms with Crippen LogP contribution in [0.3, 0.4) is 0 Å². The summed E-state index contributed by atoms with van der Waals surface area (Å²) < 4.78 is 5.21. The molecule has 4 N–H and O–H groups in total. The maximum absolute atomic E-state index is 11.7. The molecule has 1 amide bonds. The van der Waals surface area contributed by atoms with Gasteiger partial charge >= 0.3 is 0 Å². The van der Waals surface area contributed by atoms with E-state index in [2.05, 4.69) is 41.0 Å². The van der Waals surface area contributed by atoms with Gasteiger partial charge in [0.15, 0.2) is 6.33 Å². The third-order valence-electron chi connectivity index (χ3n) is 4.98. The molecule has 4 heterocycles. The number of aliphatic hydroxyl groups is 1. The topological polar surface area (TPSA) is 151 Å². The van der Waals surface area contributed by atoms with Crippen molar-refractivity contribution in [1.82, 2.24) is 30.4 Å². The van der Waals surface area contributed by atoms with Crippen molar-refractivity contribution in [2.75, 3.05) is 17.2 Å². The molecule has 1 aromatic carbocycles. The largest absolute Gasteiger partial charge is 0.394 e. The second kappa shape index (κ2) is 8.40. The van der Waals surface area contributed by atoms with E-state index in [-0.39, 0.29) is 24.4 Å². The van der Waals surface area contributed by atoms with Crippen molar-refractivity contribution in [3.63, 3.8) is 0 Å². The zero-order valence-corrected chi connectivity index (χ0v) is 16.7. The molecule has 1 aliphatic heterocycles. The lowest BCUT2D eigenvalue weighted by molar-refractivity contribution is 0.0965. The first-order valence-electron chi connectivity index (χ1n) is 9.82. The Bertz CT molecular complexity index is 1250. The van der Waals surface area contributed by atoms with E-state index in [9.17, 15) is 9.90 Å². The highest BCUT2D eigenvalue weighted by Gasteiger charge is 2.22. The molecule has 1 atom stereocenters. The molecule has 0 bridgehead atoms.